The lowest BCUT2D eigenvalue weighted by molar-refractivity contribution is -0.147. The second-order valence-corrected chi connectivity index (χ2v) is 8.30. The van der Waals surface area contributed by atoms with Crippen LogP contribution in [0.15, 0.2) is 59.6 Å². The zero-order valence-corrected chi connectivity index (χ0v) is 17.2. The maximum Gasteiger partial charge on any atom is 0.426 e. The Morgan fingerprint density at radius 1 is 1.13 bits per heavy atom. The van der Waals surface area contributed by atoms with Crippen molar-refractivity contribution in [1.29, 1.82) is 0 Å². The number of carbonyl (C=O) groups excluding carboxylic acids is 1. The summed E-state index contributed by atoms with van der Waals surface area (Å²) in [6.07, 6.45) is -3.78. The average Bonchev–Trinajstić information content (AvgIpc) is 3.25. The van der Waals surface area contributed by atoms with E-state index in [9.17, 15) is 22.4 Å². The first kappa shape index (κ1) is 22.3. The number of ether oxygens (including phenoxy) is 1. The van der Waals surface area contributed by atoms with Gasteiger partial charge in [0.1, 0.15) is 18.3 Å². The van der Waals surface area contributed by atoms with E-state index in [0.717, 1.165) is 11.6 Å². The van der Waals surface area contributed by atoms with Crippen molar-refractivity contribution in [3.8, 4) is 11.1 Å². The third-order valence-electron chi connectivity index (χ3n) is 5.62. The SMILES string of the molecule is CC1(C)C(/C=C(\Cl)C(F)(F)F)C1C(=O)OCc1cccc(-c2ccccc2)c1CF. The molecule has 0 amide bonds. The van der Waals surface area contributed by atoms with Gasteiger partial charge in [0.15, 0.2) is 0 Å². The van der Waals surface area contributed by atoms with Gasteiger partial charge in [-0.3, -0.25) is 4.79 Å². The Hall–Kier alpha value is -2.34. The molecule has 2 unspecified atom stereocenters. The monoisotopic (exact) mass is 440 g/mol. The molecular weight excluding hydrogens is 420 g/mol. The van der Waals surface area contributed by atoms with Crippen molar-refractivity contribution in [2.45, 2.75) is 33.3 Å². The molecule has 7 heteroatoms. The van der Waals surface area contributed by atoms with Crippen LogP contribution >= 0.6 is 11.6 Å². The average molecular weight is 441 g/mol. The predicted octanol–water partition coefficient (Wildman–Crippen LogP) is 6.82. The van der Waals surface area contributed by atoms with Gasteiger partial charge in [0, 0.05) is 0 Å². The molecule has 30 heavy (non-hydrogen) atoms. The molecule has 0 N–H and O–H groups in total. The van der Waals surface area contributed by atoms with Gasteiger partial charge in [-0.1, -0.05) is 80.1 Å². The van der Waals surface area contributed by atoms with E-state index in [4.69, 9.17) is 16.3 Å². The summed E-state index contributed by atoms with van der Waals surface area (Å²) in [7, 11) is 0. The minimum atomic E-state index is -4.65. The first-order valence-electron chi connectivity index (χ1n) is 9.40. The molecule has 0 aliphatic heterocycles. The summed E-state index contributed by atoms with van der Waals surface area (Å²) in [5, 5.41) is -1.24. The first-order valence-corrected chi connectivity index (χ1v) is 9.78. The van der Waals surface area contributed by atoms with Crippen LogP contribution in [0.1, 0.15) is 25.0 Å². The molecule has 160 valence electrons. The predicted molar refractivity (Wildman–Crippen MR) is 107 cm³/mol. The normalized spacial score (nSPS) is 20.7. The molecule has 1 aliphatic carbocycles. The Kier molecular flexibility index (Phi) is 6.27. The number of benzene rings is 2. The molecule has 2 nitrogen and oxygen atoms in total. The third kappa shape index (κ3) is 4.53. The molecule has 0 heterocycles. The maximum atomic E-state index is 13.8. The topological polar surface area (TPSA) is 26.3 Å². The van der Waals surface area contributed by atoms with E-state index in [0.29, 0.717) is 16.7 Å². The number of carbonyl (C=O) groups is 1. The Morgan fingerprint density at radius 3 is 2.40 bits per heavy atom. The van der Waals surface area contributed by atoms with Crippen LogP contribution < -0.4 is 0 Å². The largest absolute Gasteiger partial charge is 0.461 e. The van der Waals surface area contributed by atoms with Crippen LogP contribution in [0.2, 0.25) is 0 Å². The highest BCUT2D eigenvalue weighted by Crippen LogP contribution is 2.60. The second-order valence-electron chi connectivity index (χ2n) is 7.89. The molecule has 0 saturated heterocycles. The van der Waals surface area contributed by atoms with Crippen LogP contribution in [0.4, 0.5) is 17.6 Å². The fraction of sp³-hybridized carbons (Fsp3) is 0.348. The molecule has 2 aromatic carbocycles. The van der Waals surface area contributed by atoms with Crippen molar-refractivity contribution in [2.75, 3.05) is 0 Å². The first-order chi connectivity index (χ1) is 14.1. The van der Waals surface area contributed by atoms with Gasteiger partial charge in [0.25, 0.3) is 0 Å². The number of hydrogen-bond acceptors (Lipinski definition) is 2. The van der Waals surface area contributed by atoms with Gasteiger partial charge in [0.05, 0.1) is 5.92 Å². The summed E-state index contributed by atoms with van der Waals surface area (Å²) in [5.41, 5.74) is 1.79. The standard InChI is InChI=1S/C23H21ClF4O2/c1-22(2)18(11-19(24)23(26,27)28)20(22)21(29)30-13-15-9-6-10-16(17(15)12-25)14-7-4-3-5-8-14/h3-11,18,20H,12-13H2,1-2H3/b19-11-. The summed E-state index contributed by atoms with van der Waals surface area (Å²) in [4.78, 5) is 12.5. The molecule has 1 fully saturated rings. The summed E-state index contributed by atoms with van der Waals surface area (Å²) < 4.78 is 57.2. The zero-order chi connectivity index (χ0) is 22.1. The Balaban J connectivity index is 1.74. The van der Waals surface area contributed by atoms with E-state index in [1.807, 2.05) is 30.3 Å². The molecule has 0 spiro atoms. The second kappa shape index (κ2) is 8.42. The summed E-state index contributed by atoms with van der Waals surface area (Å²) >= 11 is 5.32. The lowest BCUT2D eigenvalue weighted by Gasteiger charge is -2.13. The van der Waals surface area contributed by atoms with E-state index in [1.165, 1.54) is 0 Å². The van der Waals surface area contributed by atoms with E-state index in [-0.39, 0.29) is 6.61 Å². The fourth-order valence-corrected chi connectivity index (χ4v) is 3.88. The van der Waals surface area contributed by atoms with Crippen molar-refractivity contribution in [3.63, 3.8) is 0 Å². The number of rotatable bonds is 6. The number of halogens is 5. The molecule has 0 aromatic heterocycles. The van der Waals surface area contributed by atoms with E-state index in [1.54, 1.807) is 32.0 Å². The van der Waals surface area contributed by atoms with Gasteiger partial charge in [-0.15, -0.1) is 0 Å². The van der Waals surface area contributed by atoms with E-state index < -0.39 is 41.1 Å². The maximum absolute atomic E-state index is 13.8. The Labute approximate surface area is 177 Å². The number of esters is 1. The van der Waals surface area contributed by atoms with Crippen molar-refractivity contribution in [1.82, 2.24) is 0 Å². The lowest BCUT2D eigenvalue weighted by atomic mass is 9.96. The van der Waals surface area contributed by atoms with E-state index >= 15 is 0 Å². The van der Waals surface area contributed by atoms with Gasteiger partial charge in [0.2, 0.25) is 0 Å². The van der Waals surface area contributed by atoms with Gasteiger partial charge in [-0.05, 0) is 33.6 Å². The third-order valence-corrected chi connectivity index (χ3v) is 5.96. The minimum Gasteiger partial charge on any atom is -0.461 e. The van der Waals surface area contributed by atoms with Gasteiger partial charge < -0.3 is 4.74 Å². The molecule has 1 saturated carbocycles. The molecule has 0 bridgehead atoms. The molecular formula is C23H21ClF4O2. The summed E-state index contributed by atoms with van der Waals surface area (Å²) in [6.45, 7) is 2.47. The number of allylic oxidation sites excluding steroid dienone is 2. The Morgan fingerprint density at radius 2 is 1.80 bits per heavy atom. The van der Waals surface area contributed by atoms with Gasteiger partial charge >= 0.3 is 12.1 Å². The van der Waals surface area contributed by atoms with Crippen LogP contribution in [-0.2, 0) is 22.8 Å². The van der Waals surface area contributed by atoms with E-state index in [2.05, 4.69) is 0 Å². The Bertz CT molecular complexity index is 951. The number of hydrogen-bond donors (Lipinski definition) is 0. The highest BCUT2D eigenvalue weighted by atomic mass is 35.5. The molecule has 2 atom stereocenters. The molecule has 0 radical (unpaired) electrons. The van der Waals surface area contributed by atoms with Crippen LogP contribution in [-0.4, -0.2) is 12.1 Å². The molecule has 1 aliphatic rings. The highest BCUT2D eigenvalue weighted by Gasteiger charge is 2.62. The van der Waals surface area contributed by atoms with Crippen LogP contribution in [0.5, 0.6) is 0 Å². The number of alkyl halides is 4. The quantitative estimate of drug-likeness (QED) is 0.364. The van der Waals surface area contributed by atoms with Crippen molar-refractivity contribution >= 4 is 17.6 Å². The van der Waals surface area contributed by atoms with Crippen LogP contribution in [0.3, 0.4) is 0 Å². The zero-order valence-electron chi connectivity index (χ0n) is 16.5. The molecule has 3 rings (SSSR count). The fourth-order valence-electron chi connectivity index (χ4n) is 3.75. The lowest BCUT2D eigenvalue weighted by Crippen LogP contribution is -2.12. The van der Waals surface area contributed by atoms with Crippen molar-refractivity contribution in [3.05, 3.63) is 70.8 Å². The smallest absolute Gasteiger partial charge is 0.426 e. The summed E-state index contributed by atoms with van der Waals surface area (Å²) in [6, 6.07) is 14.5. The van der Waals surface area contributed by atoms with Crippen molar-refractivity contribution in [2.24, 2.45) is 17.3 Å². The summed E-state index contributed by atoms with van der Waals surface area (Å²) in [5.74, 6) is -2.03. The van der Waals surface area contributed by atoms with Crippen LogP contribution in [0.25, 0.3) is 11.1 Å². The van der Waals surface area contributed by atoms with Gasteiger partial charge in [-0.2, -0.15) is 13.2 Å². The molecule has 2 aromatic rings. The van der Waals surface area contributed by atoms with Crippen LogP contribution in [0, 0.1) is 17.3 Å². The highest BCUT2D eigenvalue weighted by molar-refractivity contribution is 6.30. The minimum absolute atomic E-state index is 0.158. The van der Waals surface area contributed by atoms with Gasteiger partial charge in [-0.25, -0.2) is 4.39 Å². The van der Waals surface area contributed by atoms with Crippen molar-refractivity contribution < 1.29 is 27.1 Å².